The fourth-order valence-electron chi connectivity index (χ4n) is 1.96. The quantitative estimate of drug-likeness (QED) is 0.774. The van der Waals surface area contributed by atoms with Crippen molar-refractivity contribution in [3.05, 3.63) is 41.1 Å². The van der Waals surface area contributed by atoms with Crippen LogP contribution in [0, 0.1) is 11.7 Å². The molecule has 1 aromatic carbocycles. The number of nitrogens with one attached hydrogen (secondary N) is 1. The maximum Gasteiger partial charge on any atom is 0.194 e. The van der Waals surface area contributed by atoms with Crippen LogP contribution in [0.25, 0.3) is 11.3 Å². The largest absolute Gasteiger partial charge is 0.441 e. The average Bonchev–Trinajstić information content (AvgIpc) is 2.90. The van der Waals surface area contributed by atoms with Gasteiger partial charge in [0.1, 0.15) is 5.82 Å². The minimum absolute atomic E-state index is 0.0864. The Morgan fingerprint density at radius 2 is 2.19 bits per heavy atom. The first-order chi connectivity index (χ1) is 10.1. The minimum atomic E-state index is -0.434. The van der Waals surface area contributed by atoms with Crippen molar-refractivity contribution in [2.45, 2.75) is 26.7 Å². The highest BCUT2D eigenvalue weighted by Gasteiger charge is 2.08. The SMILES string of the molecule is CC(C)CNCCCc1ncc(-c2ccc(F)c(Cl)c2)o1. The highest BCUT2D eigenvalue weighted by molar-refractivity contribution is 6.31. The zero-order valence-corrected chi connectivity index (χ0v) is 13.1. The van der Waals surface area contributed by atoms with Gasteiger partial charge >= 0.3 is 0 Å². The topological polar surface area (TPSA) is 38.1 Å². The Bertz CT molecular complexity index is 583. The fraction of sp³-hybridized carbons (Fsp3) is 0.438. The molecule has 2 rings (SSSR count). The van der Waals surface area contributed by atoms with Gasteiger partial charge in [-0.2, -0.15) is 0 Å². The maximum atomic E-state index is 13.1. The molecule has 1 heterocycles. The summed E-state index contributed by atoms with van der Waals surface area (Å²) in [4.78, 5) is 4.25. The van der Waals surface area contributed by atoms with Gasteiger partial charge in [0.2, 0.25) is 0 Å². The molecular weight excluding hydrogens is 291 g/mol. The van der Waals surface area contributed by atoms with Gasteiger partial charge in [-0.1, -0.05) is 25.4 Å². The molecule has 0 amide bonds. The molecule has 21 heavy (non-hydrogen) atoms. The monoisotopic (exact) mass is 310 g/mol. The van der Waals surface area contributed by atoms with Crippen LogP contribution >= 0.6 is 11.6 Å². The number of aryl methyl sites for hydroxylation is 1. The number of nitrogens with zero attached hydrogens (tertiary/aromatic N) is 1. The summed E-state index contributed by atoms with van der Waals surface area (Å²) in [5.74, 6) is 1.52. The van der Waals surface area contributed by atoms with Gasteiger partial charge in [-0.25, -0.2) is 9.37 Å². The molecule has 0 radical (unpaired) electrons. The third kappa shape index (κ3) is 4.83. The second kappa shape index (κ2) is 7.57. The van der Waals surface area contributed by atoms with Crippen LogP contribution in [0.15, 0.2) is 28.8 Å². The van der Waals surface area contributed by atoms with Crippen LogP contribution in [0.1, 0.15) is 26.2 Å². The molecule has 5 heteroatoms. The number of aromatic nitrogens is 1. The molecule has 0 atom stereocenters. The summed E-state index contributed by atoms with van der Waals surface area (Å²) in [6.45, 7) is 6.32. The van der Waals surface area contributed by atoms with Gasteiger partial charge in [0.25, 0.3) is 0 Å². The molecule has 1 aromatic heterocycles. The van der Waals surface area contributed by atoms with E-state index in [0.29, 0.717) is 17.6 Å². The van der Waals surface area contributed by atoms with Gasteiger partial charge in [0, 0.05) is 12.0 Å². The zero-order valence-electron chi connectivity index (χ0n) is 12.3. The van der Waals surface area contributed by atoms with E-state index in [4.69, 9.17) is 16.0 Å². The first-order valence-corrected chi connectivity index (χ1v) is 7.55. The van der Waals surface area contributed by atoms with Crippen molar-refractivity contribution in [2.75, 3.05) is 13.1 Å². The number of halogens is 2. The Kier molecular flexibility index (Phi) is 5.76. The molecule has 0 aliphatic carbocycles. The van der Waals surface area contributed by atoms with Crippen LogP contribution < -0.4 is 5.32 Å². The van der Waals surface area contributed by atoms with Gasteiger partial charge in [-0.15, -0.1) is 0 Å². The third-order valence-corrected chi connectivity index (χ3v) is 3.34. The molecule has 0 bridgehead atoms. The first kappa shape index (κ1) is 16.0. The van der Waals surface area contributed by atoms with Crippen molar-refractivity contribution in [3.63, 3.8) is 0 Å². The van der Waals surface area contributed by atoms with Crippen LogP contribution in [-0.4, -0.2) is 18.1 Å². The Morgan fingerprint density at radius 1 is 1.38 bits per heavy atom. The lowest BCUT2D eigenvalue weighted by molar-refractivity contribution is 0.483. The van der Waals surface area contributed by atoms with Gasteiger partial charge < -0.3 is 9.73 Å². The smallest absolute Gasteiger partial charge is 0.194 e. The molecule has 0 saturated carbocycles. The van der Waals surface area contributed by atoms with Gasteiger partial charge in [0.15, 0.2) is 11.7 Å². The molecule has 0 saturated heterocycles. The van der Waals surface area contributed by atoms with E-state index in [1.807, 2.05) is 0 Å². The Labute approximate surface area is 129 Å². The van der Waals surface area contributed by atoms with Crippen LogP contribution in [0.2, 0.25) is 5.02 Å². The van der Waals surface area contributed by atoms with Crippen LogP contribution in [0.5, 0.6) is 0 Å². The molecule has 1 N–H and O–H groups in total. The van der Waals surface area contributed by atoms with Crippen LogP contribution in [-0.2, 0) is 6.42 Å². The lowest BCUT2D eigenvalue weighted by Crippen LogP contribution is -2.21. The van der Waals surface area contributed by atoms with Crippen molar-refractivity contribution < 1.29 is 8.81 Å². The Hall–Kier alpha value is -1.39. The molecule has 0 unspecified atom stereocenters. The molecule has 0 aliphatic rings. The summed E-state index contributed by atoms with van der Waals surface area (Å²) in [5, 5.41) is 3.47. The summed E-state index contributed by atoms with van der Waals surface area (Å²) in [6, 6.07) is 4.51. The molecule has 2 aromatic rings. The van der Waals surface area contributed by atoms with Crippen molar-refractivity contribution in [2.24, 2.45) is 5.92 Å². The Balaban J connectivity index is 1.87. The van der Waals surface area contributed by atoms with Crippen LogP contribution in [0.4, 0.5) is 4.39 Å². The fourth-order valence-corrected chi connectivity index (χ4v) is 2.14. The Morgan fingerprint density at radius 3 is 2.90 bits per heavy atom. The van der Waals surface area contributed by atoms with Crippen molar-refractivity contribution in [3.8, 4) is 11.3 Å². The van der Waals surface area contributed by atoms with E-state index < -0.39 is 5.82 Å². The van der Waals surface area contributed by atoms with Gasteiger partial charge in [-0.3, -0.25) is 0 Å². The predicted octanol–water partition coefficient (Wildman–Crippen LogP) is 4.31. The second-order valence-electron chi connectivity index (χ2n) is 5.45. The van der Waals surface area contributed by atoms with E-state index in [2.05, 4.69) is 24.1 Å². The number of hydrogen-bond donors (Lipinski definition) is 1. The third-order valence-electron chi connectivity index (χ3n) is 3.05. The van der Waals surface area contributed by atoms with E-state index in [9.17, 15) is 4.39 Å². The van der Waals surface area contributed by atoms with E-state index in [1.54, 1.807) is 18.3 Å². The van der Waals surface area contributed by atoms with Crippen molar-refractivity contribution >= 4 is 11.6 Å². The number of oxazole rings is 1. The predicted molar refractivity (Wildman–Crippen MR) is 82.9 cm³/mol. The first-order valence-electron chi connectivity index (χ1n) is 7.17. The normalized spacial score (nSPS) is 11.3. The molecule has 0 fully saturated rings. The van der Waals surface area contributed by atoms with E-state index in [1.165, 1.54) is 6.07 Å². The summed E-state index contributed by atoms with van der Waals surface area (Å²) < 4.78 is 18.8. The number of hydrogen-bond acceptors (Lipinski definition) is 3. The standard InChI is InChI=1S/C16H20ClFN2O/c1-11(2)9-19-7-3-4-16-20-10-15(21-16)12-5-6-14(18)13(17)8-12/h5-6,8,10-11,19H,3-4,7,9H2,1-2H3. The lowest BCUT2D eigenvalue weighted by atomic mass is 10.2. The average molecular weight is 311 g/mol. The lowest BCUT2D eigenvalue weighted by Gasteiger charge is -2.05. The highest BCUT2D eigenvalue weighted by atomic mass is 35.5. The van der Waals surface area contributed by atoms with Crippen molar-refractivity contribution in [1.82, 2.24) is 10.3 Å². The second-order valence-corrected chi connectivity index (χ2v) is 5.86. The highest BCUT2D eigenvalue weighted by Crippen LogP contribution is 2.25. The minimum Gasteiger partial charge on any atom is -0.441 e. The van der Waals surface area contributed by atoms with Crippen molar-refractivity contribution in [1.29, 1.82) is 0 Å². The van der Waals surface area contributed by atoms with Gasteiger partial charge in [0.05, 0.1) is 11.2 Å². The molecule has 3 nitrogen and oxygen atoms in total. The van der Waals surface area contributed by atoms with E-state index in [0.717, 1.165) is 31.5 Å². The summed E-state index contributed by atoms with van der Waals surface area (Å²) in [6.07, 6.45) is 3.40. The van der Waals surface area contributed by atoms with Gasteiger partial charge in [-0.05, 0) is 43.6 Å². The number of benzene rings is 1. The summed E-state index contributed by atoms with van der Waals surface area (Å²) >= 11 is 5.77. The van der Waals surface area contributed by atoms with E-state index in [-0.39, 0.29) is 5.02 Å². The number of rotatable bonds is 7. The molecule has 114 valence electrons. The maximum absolute atomic E-state index is 13.1. The molecular formula is C16H20ClFN2O. The molecule has 0 aliphatic heterocycles. The summed E-state index contributed by atoms with van der Waals surface area (Å²) in [5.41, 5.74) is 0.734. The zero-order chi connectivity index (χ0) is 15.2. The summed E-state index contributed by atoms with van der Waals surface area (Å²) in [7, 11) is 0. The van der Waals surface area contributed by atoms with Crippen LogP contribution in [0.3, 0.4) is 0 Å². The van der Waals surface area contributed by atoms with E-state index >= 15 is 0 Å². The molecule has 0 spiro atoms.